The Hall–Kier alpha value is -2.17. The number of anilines is 1. The minimum atomic E-state index is -0.516. The van der Waals surface area contributed by atoms with Crippen LogP contribution in [-0.4, -0.2) is 9.97 Å². The van der Waals surface area contributed by atoms with Crippen LogP contribution in [0.25, 0.3) is 0 Å². The summed E-state index contributed by atoms with van der Waals surface area (Å²) >= 11 is 0. The highest BCUT2D eigenvalue weighted by molar-refractivity contribution is 5.44. The van der Waals surface area contributed by atoms with E-state index in [4.69, 9.17) is 10.5 Å². The van der Waals surface area contributed by atoms with Crippen molar-refractivity contribution in [2.75, 3.05) is 5.73 Å². The summed E-state index contributed by atoms with van der Waals surface area (Å²) < 4.78 is 18.7. The molecule has 0 aliphatic heterocycles. The molecule has 1 aromatic heterocycles. The first-order valence-corrected chi connectivity index (χ1v) is 4.66. The molecular weight excluding hydrogens is 209 g/mol. The molecule has 2 aromatic rings. The Balaban J connectivity index is 2.31. The van der Waals surface area contributed by atoms with Crippen LogP contribution < -0.4 is 10.5 Å². The van der Waals surface area contributed by atoms with Crippen molar-refractivity contribution in [3.05, 3.63) is 42.1 Å². The molecule has 16 heavy (non-hydrogen) atoms. The normalized spacial score (nSPS) is 10.1. The number of ether oxygens (including phenoxy) is 1. The molecule has 0 fully saturated rings. The lowest BCUT2D eigenvalue weighted by molar-refractivity contribution is 0.423. The van der Waals surface area contributed by atoms with Gasteiger partial charge in [0, 0.05) is 23.5 Å². The molecule has 0 bridgehead atoms. The quantitative estimate of drug-likeness (QED) is 0.787. The van der Waals surface area contributed by atoms with Crippen LogP contribution >= 0.6 is 0 Å². The maximum absolute atomic E-state index is 13.4. The summed E-state index contributed by atoms with van der Waals surface area (Å²) in [4.78, 5) is 7.72. The topological polar surface area (TPSA) is 61.0 Å². The molecular formula is C11H10FN3O. The highest BCUT2D eigenvalue weighted by atomic mass is 19.1. The fraction of sp³-hybridized carbons (Fsp3) is 0.0909. The average Bonchev–Trinajstić information content (AvgIpc) is 2.25. The number of aromatic nitrogens is 2. The Morgan fingerprint density at radius 1 is 1.38 bits per heavy atom. The third kappa shape index (κ3) is 2.08. The first kappa shape index (κ1) is 10.4. The van der Waals surface area contributed by atoms with E-state index in [0.717, 1.165) is 5.56 Å². The lowest BCUT2D eigenvalue weighted by atomic mass is 10.3. The van der Waals surface area contributed by atoms with Gasteiger partial charge in [-0.3, -0.25) is 0 Å². The summed E-state index contributed by atoms with van der Waals surface area (Å²) in [5.74, 6) is -0.0901. The molecule has 1 aromatic carbocycles. The third-order valence-corrected chi connectivity index (χ3v) is 2.01. The van der Waals surface area contributed by atoms with Crippen molar-refractivity contribution >= 4 is 5.69 Å². The molecule has 2 N–H and O–H groups in total. The van der Waals surface area contributed by atoms with E-state index in [1.54, 1.807) is 19.2 Å². The third-order valence-electron chi connectivity index (χ3n) is 2.01. The molecule has 0 atom stereocenters. The molecule has 0 saturated heterocycles. The SMILES string of the molecule is Cc1cncnc1Oc1ccc(N)cc1F. The van der Waals surface area contributed by atoms with Crippen LogP contribution in [0.5, 0.6) is 11.6 Å². The van der Waals surface area contributed by atoms with Crippen LogP contribution in [0, 0.1) is 12.7 Å². The van der Waals surface area contributed by atoms with E-state index in [9.17, 15) is 4.39 Å². The Morgan fingerprint density at radius 2 is 2.19 bits per heavy atom. The van der Waals surface area contributed by atoms with Crippen molar-refractivity contribution in [3.8, 4) is 11.6 Å². The number of hydrogen-bond donors (Lipinski definition) is 1. The van der Waals surface area contributed by atoms with E-state index in [1.807, 2.05) is 0 Å². The number of rotatable bonds is 2. The van der Waals surface area contributed by atoms with Gasteiger partial charge in [-0.05, 0) is 19.1 Å². The van der Waals surface area contributed by atoms with E-state index in [0.29, 0.717) is 11.6 Å². The van der Waals surface area contributed by atoms with Crippen molar-refractivity contribution in [1.82, 2.24) is 9.97 Å². The van der Waals surface area contributed by atoms with Crippen molar-refractivity contribution < 1.29 is 9.13 Å². The number of benzene rings is 1. The number of aryl methyl sites for hydroxylation is 1. The molecule has 0 aliphatic rings. The molecule has 4 nitrogen and oxygen atoms in total. The van der Waals surface area contributed by atoms with Crippen LogP contribution in [0.2, 0.25) is 0 Å². The molecule has 2 rings (SSSR count). The Bertz CT molecular complexity index is 516. The molecule has 0 saturated carbocycles. The predicted octanol–water partition coefficient (Wildman–Crippen LogP) is 2.30. The monoisotopic (exact) mass is 219 g/mol. The highest BCUT2D eigenvalue weighted by Crippen LogP contribution is 2.25. The molecule has 1 heterocycles. The molecule has 0 radical (unpaired) electrons. The van der Waals surface area contributed by atoms with Gasteiger partial charge in [-0.1, -0.05) is 0 Å². The van der Waals surface area contributed by atoms with Crippen molar-refractivity contribution in [3.63, 3.8) is 0 Å². The maximum atomic E-state index is 13.4. The summed E-state index contributed by atoms with van der Waals surface area (Å²) in [6.07, 6.45) is 2.94. The number of hydrogen-bond acceptors (Lipinski definition) is 4. The van der Waals surface area contributed by atoms with Crippen LogP contribution in [-0.2, 0) is 0 Å². The van der Waals surface area contributed by atoms with Crippen LogP contribution in [0.3, 0.4) is 0 Å². The van der Waals surface area contributed by atoms with Crippen molar-refractivity contribution in [2.45, 2.75) is 6.92 Å². The smallest absolute Gasteiger partial charge is 0.225 e. The molecule has 0 amide bonds. The van der Waals surface area contributed by atoms with Crippen molar-refractivity contribution in [1.29, 1.82) is 0 Å². The van der Waals surface area contributed by atoms with Gasteiger partial charge in [0.1, 0.15) is 6.33 Å². The number of halogens is 1. The van der Waals surface area contributed by atoms with Gasteiger partial charge in [-0.25, -0.2) is 14.4 Å². The summed E-state index contributed by atoms with van der Waals surface area (Å²) in [5, 5.41) is 0. The van der Waals surface area contributed by atoms with E-state index in [1.165, 1.54) is 18.5 Å². The zero-order valence-electron chi connectivity index (χ0n) is 8.64. The second-order valence-corrected chi connectivity index (χ2v) is 3.30. The lowest BCUT2D eigenvalue weighted by Gasteiger charge is -2.07. The maximum Gasteiger partial charge on any atom is 0.225 e. The number of nitrogens with zero attached hydrogens (tertiary/aromatic N) is 2. The number of nitrogen functional groups attached to an aromatic ring is 1. The molecule has 82 valence electrons. The predicted molar refractivity (Wildman–Crippen MR) is 57.7 cm³/mol. The van der Waals surface area contributed by atoms with Gasteiger partial charge in [-0.2, -0.15) is 0 Å². The standard InChI is InChI=1S/C11H10FN3O/c1-7-5-14-6-15-11(7)16-10-3-2-8(13)4-9(10)12/h2-6H,13H2,1H3. The van der Waals surface area contributed by atoms with Gasteiger partial charge >= 0.3 is 0 Å². The summed E-state index contributed by atoms with van der Waals surface area (Å²) in [6, 6.07) is 4.23. The first-order chi connectivity index (χ1) is 7.66. The molecule has 0 unspecified atom stereocenters. The lowest BCUT2D eigenvalue weighted by Crippen LogP contribution is -1.95. The largest absolute Gasteiger partial charge is 0.436 e. The highest BCUT2D eigenvalue weighted by Gasteiger charge is 2.07. The number of nitrogens with two attached hydrogens (primary N) is 1. The second kappa shape index (κ2) is 4.14. The molecule has 0 aliphatic carbocycles. The summed E-state index contributed by atoms with van der Waals surface area (Å²) in [6.45, 7) is 1.78. The van der Waals surface area contributed by atoms with Gasteiger partial charge in [0.15, 0.2) is 11.6 Å². The zero-order chi connectivity index (χ0) is 11.5. The minimum Gasteiger partial charge on any atom is -0.436 e. The van der Waals surface area contributed by atoms with Gasteiger partial charge in [0.05, 0.1) is 0 Å². The fourth-order valence-electron chi connectivity index (χ4n) is 1.20. The second-order valence-electron chi connectivity index (χ2n) is 3.30. The van der Waals surface area contributed by atoms with Gasteiger partial charge in [0.25, 0.3) is 0 Å². The van der Waals surface area contributed by atoms with Gasteiger partial charge < -0.3 is 10.5 Å². The van der Waals surface area contributed by atoms with Gasteiger partial charge in [-0.15, -0.1) is 0 Å². The molecule has 5 heteroatoms. The fourth-order valence-corrected chi connectivity index (χ4v) is 1.20. The van der Waals surface area contributed by atoms with E-state index in [-0.39, 0.29) is 5.75 Å². The summed E-state index contributed by atoms with van der Waals surface area (Å²) in [7, 11) is 0. The Morgan fingerprint density at radius 3 is 2.88 bits per heavy atom. The summed E-state index contributed by atoms with van der Waals surface area (Å²) in [5.41, 5.74) is 6.52. The first-order valence-electron chi connectivity index (χ1n) is 4.66. The van der Waals surface area contributed by atoms with Crippen LogP contribution in [0.4, 0.5) is 10.1 Å². The van der Waals surface area contributed by atoms with E-state index < -0.39 is 5.82 Å². The molecule has 0 spiro atoms. The Kier molecular flexibility index (Phi) is 2.68. The van der Waals surface area contributed by atoms with Crippen molar-refractivity contribution in [2.24, 2.45) is 0 Å². The van der Waals surface area contributed by atoms with Crippen LogP contribution in [0.1, 0.15) is 5.56 Å². The minimum absolute atomic E-state index is 0.0935. The van der Waals surface area contributed by atoms with E-state index in [2.05, 4.69) is 9.97 Å². The average molecular weight is 219 g/mol. The van der Waals surface area contributed by atoms with Gasteiger partial charge in [0.2, 0.25) is 5.88 Å². The zero-order valence-corrected chi connectivity index (χ0v) is 8.64. The van der Waals surface area contributed by atoms with Crippen LogP contribution in [0.15, 0.2) is 30.7 Å². The Labute approximate surface area is 91.9 Å². The van der Waals surface area contributed by atoms with E-state index >= 15 is 0 Å².